The van der Waals surface area contributed by atoms with Crippen molar-refractivity contribution in [3.63, 3.8) is 0 Å². The highest BCUT2D eigenvalue weighted by Crippen LogP contribution is 1.84. The minimum absolute atomic E-state index is 0.191. The van der Waals surface area contributed by atoms with Gasteiger partial charge in [-0.3, -0.25) is 14.4 Å². The van der Waals surface area contributed by atoms with Crippen LogP contribution in [0, 0.1) is 0 Å². The summed E-state index contributed by atoms with van der Waals surface area (Å²) in [4.78, 5) is 27.0. The number of carbonyl (C=O) groups is 3. The van der Waals surface area contributed by atoms with E-state index in [1.807, 2.05) is 0 Å². The second kappa shape index (κ2) is 23.4. The zero-order chi connectivity index (χ0) is 17.8. The molecule has 0 aromatic carbocycles. The van der Waals surface area contributed by atoms with Gasteiger partial charge in [0, 0.05) is 39.9 Å². The lowest BCUT2D eigenvalue weighted by atomic mass is 10.2. The molecule has 0 saturated carbocycles. The summed E-state index contributed by atoms with van der Waals surface area (Å²) < 4.78 is 0. The van der Waals surface area contributed by atoms with Gasteiger partial charge in [-0.1, -0.05) is 6.92 Å². The van der Waals surface area contributed by atoms with Gasteiger partial charge in [-0.25, -0.2) is 0 Å². The van der Waals surface area contributed by atoms with Crippen LogP contribution >= 0.6 is 0 Å². The molecule has 1 unspecified atom stereocenters. The minimum Gasteiger partial charge on any atom is -0.481 e. The van der Waals surface area contributed by atoms with E-state index in [-0.39, 0.29) is 6.61 Å². The Kier molecular flexibility index (Phi) is 30.7. The predicted molar refractivity (Wildman–Crippen MR) is 78.2 cm³/mol. The Morgan fingerprint density at radius 3 is 1.43 bits per heavy atom. The first-order valence-electron chi connectivity index (χ1n) is 6.17. The maximum atomic E-state index is 9.00. The fourth-order valence-corrected chi connectivity index (χ4v) is 0.663. The fourth-order valence-electron chi connectivity index (χ4n) is 0.663. The molecule has 0 aromatic rings. The number of hydrogen-bond donors (Lipinski definition) is 6. The molecule has 0 aliphatic carbocycles. The highest BCUT2D eigenvalue weighted by molar-refractivity contribution is 5.63. The maximum Gasteiger partial charge on any atom is 0.300 e. The zero-order valence-electron chi connectivity index (χ0n) is 13.0. The molecule has 0 aromatic heterocycles. The second-order valence-corrected chi connectivity index (χ2v) is 3.58. The van der Waals surface area contributed by atoms with Gasteiger partial charge in [0.05, 0.1) is 6.61 Å². The van der Waals surface area contributed by atoms with Crippen LogP contribution < -0.4 is 11.1 Å². The fraction of sp³-hybridized carbons (Fsp3) is 0.750. The smallest absolute Gasteiger partial charge is 0.300 e. The molecule has 0 rings (SSSR count). The van der Waals surface area contributed by atoms with E-state index in [2.05, 4.69) is 12.2 Å². The van der Waals surface area contributed by atoms with Crippen molar-refractivity contribution >= 4 is 17.9 Å². The molecule has 128 valence electrons. The summed E-state index contributed by atoms with van der Waals surface area (Å²) in [5, 5.41) is 33.7. The molecule has 0 saturated heterocycles. The SMILES string of the molecule is CC(=O)O.CC(=O)O.CC(=O)O.CCC(CN)NCCO. The number of nitrogens with one attached hydrogen (secondary N) is 1. The van der Waals surface area contributed by atoms with E-state index < -0.39 is 17.9 Å². The molecule has 9 heteroatoms. The van der Waals surface area contributed by atoms with Crippen LogP contribution in [-0.4, -0.2) is 64.1 Å². The van der Waals surface area contributed by atoms with E-state index in [0.717, 1.165) is 27.2 Å². The zero-order valence-corrected chi connectivity index (χ0v) is 13.0. The van der Waals surface area contributed by atoms with Gasteiger partial charge in [0.2, 0.25) is 0 Å². The molecule has 0 aliphatic heterocycles. The normalized spacial score (nSPS) is 9.43. The Morgan fingerprint density at radius 2 is 1.29 bits per heavy atom. The highest BCUT2D eigenvalue weighted by Gasteiger charge is 1.98. The number of carboxylic acid groups (broad SMARTS) is 3. The van der Waals surface area contributed by atoms with E-state index in [9.17, 15) is 0 Å². The van der Waals surface area contributed by atoms with Gasteiger partial charge in [0.25, 0.3) is 17.9 Å². The van der Waals surface area contributed by atoms with Crippen molar-refractivity contribution in [2.45, 2.75) is 40.2 Å². The predicted octanol–water partition coefficient (Wildman–Crippen LogP) is -0.422. The quantitative estimate of drug-likeness (QED) is 0.394. The van der Waals surface area contributed by atoms with Crippen LogP contribution in [0.25, 0.3) is 0 Å². The summed E-state index contributed by atoms with van der Waals surface area (Å²) >= 11 is 0. The van der Waals surface area contributed by atoms with Crippen molar-refractivity contribution in [2.24, 2.45) is 5.73 Å². The average Bonchev–Trinajstić information content (AvgIpc) is 2.28. The number of rotatable bonds is 5. The van der Waals surface area contributed by atoms with Gasteiger partial charge in [0.1, 0.15) is 0 Å². The minimum atomic E-state index is -0.833. The lowest BCUT2D eigenvalue weighted by Crippen LogP contribution is -2.36. The van der Waals surface area contributed by atoms with Crippen molar-refractivity contribution in [3.8, 4) is 0 Å². The Bertz CT molecular complexity index is 215. The molecule has 0 amide bonds. The van der Waals surface area contributed by atoms with Crippen LogP contribution in [0.2, 0.25) is 0 Å². The van der Waals surface area contributed by atoms with Crippen LogP contribution in [0.3, 0.4) is 0 Å². The first-order chi connectivity index (χ1) is 9.54. The van der Waals surface area contributed by atoms with Crippen LogP contribution in [0.1, 0.15) is 34.1 Å². The second-order valence-electron chi connectivity index (χ2n) is 3.58. The van der Waals surface area contributed by atoms with Crippen LogP contribution in [0.15, 0.2) is 0 Å². The monoisotopic (exact) mass is 312 g/mol. The summed E-state index contributed by atoms with van der Waals surface area (Å²) in [5.74, 6) is -2.50. The standard InChI is InChI=1S/C6H16N2O.3C2H4O2/c1-2-6(5-7)8-3-4-9;3*1-2(3)4/h6,8-9H,2-5,7H2,1H3;3*1H3,(H,3,4). The largest absolute Gasteiger partial charge is 0.481 e. The summed E-state index contributed by atoms with van der Waals surface area (Å²) in [6, 6.07) is 0.372. The summed E-state index contributed by atoms with van der Waals surface area (Å²) in [6.07, 6.45) is 1.02. The van der Waals surface area contributed by atoms with Gasteiger partial charge in [0.15, 0.2) is 0 Å². The van der Waals surface area contributed by atoms with Gasteiger partial charge in [-0.15, -0.1) is 0 Å². The first kappa shape index (κ1) is 27.6. The lowest BCUT2D eigenvalue weighted by Gasteiger charge is -2.12. The Labute approximate surface area is 124 Å². The first-order valence-corrected chi connectivity index (χ1v) is 6.17. The molecule has 7 N–H and O–H groups in total. The average molecular weight is 312 g/mol. The van der Waals surface area contributed by atoms with Gasteiger partial charge in [-0.2, -0.15) is 0 Å². The van der Waals surface area contributed by atoms with Gasteiger partial charge in [-0.05, 0) is 6.42 Å². The third kappa shape index (κ3) is 123. The Hall–Kier alpha value is -1.71. The van der Waals surface area contributed by atoms with Crippen LogP contribution in [0.4, 0.5) is 0 Å². The van der Waals surface area contributed by atoms with E-state index in [0.29, 0.717) is 19.1 Å². The molecule has 21 heavy (non-hydrogen) atoms. The van der Waals surface area contributed by atoms with Crippen molar-refractivity contribution in [1.29, 1.82) is 0 Å². The Balaban J connectivity index is -0.000000102. The highest BCUT2D eigenvalue weighted by atomic mass is 16.4. The topological polar surface area (TPSA) is 170 Å². The Morgan fingerprint density at radius 1 is 1.00 bits per heavy atom. The maximum absolute atomic E-state index is 9.00. The van der Waals surface area contributed by atoms with E-state index in [1.54, 1.807) is 0 Å². The number of aliphatic carboxylic acids is 3. The van der Waals surface area contributed by atoms with Crippen molar-refractivity contribution < 1.29 is 34.8 Å². The molecule has 0 aliphatic rings. The van der Waals surface area contributed by atoms with E-state index >= 15 is 0 Å². The van der Waals surface area contributed by atoms with Crippen molar-refractivity contribution in [2.75, 3.05) is 19.7 Å². The molecule has 1 atom stereocenters. The van der Waals surface area contributed by atoms with Crippen LogP contribution in [0.5, 0.6) is 0 Å². The number of aliphatic hydroxyl groups excluding tert-OH is 1. The van der Waals surface area contributed by atoms with E-state index in [4.69, 9.17) is 40.5 Å². The molecular formula is C12H28N2O7. The molecule has 0 radical (unpaired) electrons. The number of hydrogen-bond acceptors (Lipinski definition) is 6. The van der Waals surface area contributed by atoms with Crippen molar-refractivity contribution in [1.82, 2.24) is 5.32 Å². The van der Waals surface area contributed by atoms with Crippen LogP contribution in [-0.2, 0) is 14.4 Å². The third-order valence-corrected chi connectivity index (χ3v) is 1.32. The summed E-state index contributed by atoms with van der Waals surface area (Å²) in [7, 11) is 0. The molecule has 9 nitrogen and oxygen atoms in total. The van der Waals surface area contributed by atoms with E-state index in [1.165, 1.54) is 0 Å². The summed E-state index contributed by atoms with van der Waals surface area (Å²) in [6.45, 7) is 6.81. The molecular weight excluding hydrogens is 284 g/mol. The molecule has 0 bridgehead atoms. The molecule has 0 spiro atoms. The molecule has 0 heterocycles. The lowest BCUT2D eigenvalue weighted by molar-refractivity contribution is -0.135. The third-order valence-electron chi connectivity index (χ3n) is 1.32. The number of aliphatic hydroxyl groups is 1. The number of nitrogens with two attached hydrogens (primary N) is 1. The molecule has 0 fully saturated rings. The summed E-state index contributed by atoms with van der Waals surface area (Å²) in [5.41, 5.74) is 5.38. The number of carboxylic acids is 3. The van der Waals surface area contributed by atoms with Crippen molar-refractivity contribution in [3.05, 3.63) is 0 Å². The van der Waals surface area contributed by atoms with Gasteiger partial charge < -0.3 is 31.5 Å². The van der Waals surface area contributed by atoms with Gasteiger partial charge >= 0.3 is 0 Å².